The first-order valence-electron chi connectivity index (χ1n) is 5.70. The summed E-state index contributed by atoms with van der Waals surface area (Å²) >= 11 is 5.56. The van der Waals surface area contributed by atoms with E-state index in [9.17, 15) is 22.8 Å². The number of carbonyl (C=O) groups excluding carboxylic acids is 1. The van der Waals surface area contributed by atoms with Crippen LogP contribution in [0.15, 0.2) is 12.1 Å². The molecule has 0 amide bonds. The number of aromatic carboxylic acids is 1. The molecule has 0 aromatic heterocycles. The minimum Gasteiger partial charge on any atom is -0.478 e. The van der Waals surface area contributed by atoms with Crippen LogP contribution in [-0.4, -0.2) is 22.6 Å². The number of carbonyl (C=O) groups is 2. The van der Waals surface area contributed by atoms with Gasteiger partial charge in [0.15, 0.2) is 0 Å². The van der Waals surface area contributed by atoms with Crippen molar-refractivity contribution in [1.29, 1.82) is 0 Å². The third-order valence-electron chi connectivity index (χ3n) is 2.25. The van der Waals surface area contributed by atoms with Crippen molar-refractivity contribution in [3.8, 4) is 0 Å². The zero-order valence-corrected chi connectivity index (χ0v) is 12.1. The van der Waals surface area contributed by atoms with Crippen molar-refractivity contribution in [2.24, 2.45) is 0 Å². The molecule has 0 atom stereocenters. The standard InChI is InChI=1S/C13H12ClF3O4/c1-12(2,3)21-11(20)7-4-6(13(15,16)17)5-8(14)9(7)10(18)19/h4-5H,1-3H3,(H,18,19). The lowest BCUT2D eigenvalue weighted by Gasteiger charge is -2.21. The van der Waals surface area contributed by atoms with Gasteiger partial charge in [-0.15, -0.1) is 0 Å². The quantitative estimate of drug-likeness (QED) is 0.835. The maximum absolute atomic E-state index is 12.7. The molecule has 0 unspecified atom stereocenters. The van der Waals surface area contributed by atoms with Crippen LogP contribution >= 0.6 is 11.6 Å². The number of ether oxygens (including phenoxy) is 1. The van der Waals surface area contributed by atoms with E-state index in [4.69, 9.17) is 21.4 Å². The topological polar surface area (TPSA) is 63.6 Å². The summed E-state index contributed by atoms with van der Waals surface area (Å²) in [6.07, 6.45) is -4.77. The predicted molar refractivity (Wildman–Crippen MR) is 68.6 cm³/mol. The first-order chi connectivity index (χ1) is 9.33. The van der Waals surface area contributed by atoms with Gasteiger partial charge in [-0.2, -0.15) is 13.2 Å². The van der Waals surface area contributed by atoms with Gasteiger partial charge in [-0.3, -0.25) is 0 Å². The molecule has 0 aliphatic carbocycles. The van der Waals surface area contributed by atoms with Gasteiger partial charge in [0.1, 0.15) is 5.60 Å². The second kappa shape index (κ2) is 5.55. The minimum absolute atomic E-state index is 0.420. The summed E-state index contributed by atoms with van der Waals surface area (Å²) in [6.45, 7) is 4.50. The summed E-state index contributed by atoms with van der Waals surface area (Å²) in [5.41, 5.74) is -3.68. The summed E-state index contributed by atoms with van der Waals surface area (Å²) in [7, 11) is 0. The van der Waals surface area contributed by atoms with Crippen molar-refractivity contribution in [2.45, 2.75) is 32.5 Å². The van der Waals surface area contributed by atoms with Crippen LogP contribution in [0.1, 0.15) is 47.1 Å². The molecule has 8 heteroatoms. The summed E-state index contributed by atoms with van der Waals surface area (Å²) in [4.78, 5) is 23.0. The van der Waals surface area contributed by atoms with E-state index >= 15 is 0 Å². The highest BCUT2D eigenvalue weighted by Gasteiger charge is 2.35. The van der Waals surface area contributed by atoms with Crippen LogP contribution in [0.5, 0.6) is 0 Å². The van der Waals surface area contributed by atoms with Crippen LogP contribution in [-0.2, 0) is 10.9 Å². The minimum atomic E-state index is -4.77. The van der Waals surface area contributed by atoms with Crippen molar-refractivity contribution >= 4 is 23.5 Å². The largest absolute Gasteiger partial charge is 0.478 e. The van der Waals surface area contributed by atoms with Crippen LogP contribution in [0.3, 0.4) is 0 Å². The number of benzene rings is 1. The monoisotopic (exact) mass is 324 g/mol. The molecular formula is C13H12ClF3O4. The number of halogens is 4. The Bertz CT molecular complexity index is 588. The molecule has 0 spiro atoms. The van der Waals surface area contributed by atoms with Crippen LogP contribution in [0.25, 0.3) is 0 Å². The van der Waals surface area contributed by atoms with E-state index in [0.29, 0.717) is 12.1 Å². The average Bonchev–Trinajstić information content (AvgIpc) is 2.23. The molecule has 0 aliphatic heterocycles. The molecule has 0 heterocycles. The third-order valence-corrected chi connectivity index (χ3v) is 2.55. The van der Waals surface area contributed by atoms with E-state index in [2.05, 4.69) is 0 Å². The molecule has 0 bridgehead atoms. The van der Waals surface area contributed by atoms with Crippen LogP contribution in [0.2, 0.25) is 5.02 Å². The Kier molecular flexibility index (Phi) is 4.57. The van der Waals surface area contributed by atoms with Gasteiger partial charge in [-0.25, -0.2) is 9.59 Å². The Balaban J connectivity index is 3.49. The van der Waals surface area contributed by atoms with Gasteiger partial charge in [0, 0.05) is 0 Å². The maximum Gasteiger partial charge on any atom is 0.416 e. The molecular weight excluding hydrogens is 313 g/mol. The third kappa shape index (κ3) is 4.35. The Hall–Kier alpha value is -1.76. The molecule has 1 aromatic rings. The molecule has 1 N–H and O–H groups in total. The average molecular weight is 325 g/mol. The molecule has 4 nitrogen and oxygen atoms in total. The molecule has 21 heavy (non-hydrogen) atoms. The maximum atomic E-state index is 12.7. The number of alkyl halides is 3. The Labute approximate surface area is 123 Å². The van der Waals surface area contributed by atoms with Crippen molar-refractivity contribution in [2.75, 3.05) is 0 Å². The SMILES string of the molecule is CC(C)(C)OC(=O)c1cc(C(F)(F)F)cc(Cl)c1C(=O)O. The van der Waals surface area contributed by atoms with Crippen molar-refractivity contribution < 1.29 is 32.6 Å². The molecule has 0 radical (unpaired) electrons. The van der Waals surface area contributed by atoms with Gasteiger partial charge in [0.2, 0.25) is 0 Å². The summed E-state index contributed by atoms with van der Waals surface area (Å²) in [5.74, 6) is -2.80. The van der Waals surface area contributed by atoms with E-state index < -0.39 is 45.4 Å². The van der Waals surface area contributed by atoms with Gasteiger partial charge in [-0.1, -0.05) is 11.6 Å². The van der Waals surface area contributed by atoms with E-state index in [1.54, 1.807) is 0 Å². The summed E-state index contributed by atoms with van der Waals surface area (Å²) < 4.78 is 43.1. The Morgan fingerprint density at radius 1 is 1.19 bits per heavy atom. The molecule has 0 aliphatic rings. The van der Waals surface area contributed by atoms with Crippen LogP contribution in [0.4, 0.5) is 13.2 Å². The molecule has 0 saturated heterocycles. The molecule has 116 valence electrons. The number of carboxylic acid groups (broad SMARTS) is 1. The van der Waals surface area contributed by atoms with Gasteiger partial charge in [0.05, 0.1) is 21.7 Å². The Morgan fingerprint density at radius 2 is 1.71 bits per heavy atom. The molecule has 1 aromatic carbocycles. The molecule has 1 rings (SSSR count). The van der Waals surface area contributed by atoms with E-state index in [0.717, 1.165) is 0 Å². The highest BCUT2D eigenvalue weighted by atomic mass is 35.5. The highest BCUT2D eigenvalue weighted by Crippen LogP contribution is 2.34. The number of hydrogen-bond acceptors (Lipinski definition) is 3. The van der Waals surface area contributed by atoms with Crippen molar-refractivity contribution in [1.82, 2.24) is 0 Å². The summed E-state index contributed by atoms with van der Waals surface area (Å²) in [5, 5.41) is 8.33. The number of hydrogen-bond donors (Lipinski definition) is 1. The lowest BCUT2D eigenvalue weighted by atomic mass is 10.0. The Morgan fingerprint density at radius 3 is 2.10 bits per heavy atom. The summed E-state index contributed by atoms with van der Waals surface area (Å²) in [6, 6.07) is 0.877. The normalized spacial score (nSPS) is 12.1. The van der Waals surface area contributed by atoms with Crippen LogP contribution < -0.4 is 0 Å². The van der Waals surface area contributed by atoms with Gasteiger partial charge < -0.3 is 9.84 Å². The van der Waals surface area contributed by atoms with Crippen molar-refractivity contribution in [3.05, 3.63) is 33.8 Å². The van der Waals surface area contributed by atoms with E-state index in [-0.39, 0.29) is 0 Å². The van der Waals surface area contributed by atoms with E-state index in [1.165, 1.54) is 20.8 Å². The molecule has 0 fully saturated rings. The number of esters is 1. The number of rotatable bonds is 2. The zero-order valence-electron chi connectivity index (χ0n) is 11.3. The fourth-order valence-corrected chi connectivity index (χ4v) is 1.78. The lowest BCUT2D eigenvalue weighted by molar-refractivity contribution is -0.137. The van der Waals surface area contributed by atoms with Crippen LogP contribution in [0, 0.1) is 0 Å². The zero-order chi connectivity index (χ0) is 16.6. The predicted octanol–water partition coefficient (Wildman–Crippen LogP) is 4.01. The second-order valence-electron chi connectivity index (χ2n) is 5.19. The van der Waals surface area contributed by atoms with Gasteiger partial charge >= 0.3 is 18.1 Å². The fourth-order valence-electron chi connectivity index (χ4n) is 1.48. The highest BCUT2D eigenvalue weighted by molar-refractivity contribution is 6.34. The van der Waals surface area contributed by atoms with E-state index in [1.807, 2.05) is 0 Å². The van der Waals surface area contributed by atoms with Gasteiger partial charge in [-0.05, 0) is 32.9 Å². The van der Waals surface area contributed by atoms with Crippen molar-refractivity contribution in [3.63, 3.8) is 0 Å². The smallest absolute Gasteiger partial charge is 0.416 e. The van der Waals surface area contributed by atoms with Gasteiger partial charge in [0.25, 0.3) is 0 Å². The number of carboxylic acids is 1. The lowest BCUT2D eigenvalue weighted by Crippen LogP contribution is -2.25. The second-order valence-corrected chi connectivity index (χ2v) is 5.59. The first kappa shape index (κ1) is 17.3. The first-order valence-corrected chi connectivity index (χ1v) is 6.08. The fraction of sp³-hybridized carbons (Fsp3) is 0.385. The molecule has 0 saturated carbocycles.